The van der Waals surface area contributed by atoms with E-state index < -0.39 is 0 Å². The lowest BCUT2D eigenvalue weighted by molar-refractivity contribution is -0.111. The molecule has 10 heavy (non-hydrogen) atoms. The SMILES string of the molecule is O=CNC1CN(C2CC2)C1. The summed E-state index contributed by atoms with van der Waals surface area (Å²) in [6, 6.07) is 1.31. The normalized spacial score (nSPS) is 27.6. The Bertz CT molecular complexity index is 139. The van der Waals surface area contributed by atoms with E-state index in [4.69, 9.17) is 0 Å². The minimum Gasteiger partial charge on any atom is -0.353 e. The zero-order valence-corrected chi connectivity index (χ0v) is 5.92. The zero-order chi connectivity index (χ0) is 6.97. The molecule has 0 radical (unpaired) electrons. The van der Waals surface area contributed by atoms with E-state index in [9.17, 15) is 4.79 Å². The maximum Gasteiger partial charge on any atom is 0.207 e. The summed E-state index contributed by atoms with van der Waals surface area (Å²) in [4.78, 5) is 12.4. The van der Waals surface area contributed by atoms with Crippen molar-refractivity contribution in [1.82, 2.24) is 10.2 Å². The van der Waals surface area contributed by atoms with Gasteiger partial charge in [-0.2, -0.15) is 0 Å². The molecule has 1 aliphatic carbocycles. The second-order valence-electron chi connectivity index (χ2n) is 3.17. The Hall–Kier alpha value is -0.570. The molecule has 0 atom stereocenters. The number of likely N-dealkylation sites (tertiary alicyclic amines) is 1. The number of hydrogen-bond donors (Lipinski definition) is 1. The van der Waals surface area contributed by atoms with Crippen LogP contribution in [0.3, 0.4) is 0 Å². The monoisotopic (exact) mass is 140 g/mol. The molecule has 2 fully saturated rings. The molecule has 2 aliphatic rings. The van der Waals surface area contributed by atoms with E-state index in [1.165, 1.54) is 12.8 Å². The van der Waals surface area contributed by atoms with Gasteiger partial charge in [-0.1, -0.05) is 0 Å². The minimum absolute atomic E-state index is 0.443. The summed E-state index contributed by atoms with van der Waals surface area (Å²) in [5.41, 5.74) is 0. The van der Waals surface area contributed by atoms with Gasteiger partial charge in [0.05, 0.1) is 6.04 Å². The molecule has 1 saturated heterocycles. The third-order valence-corrected chi connectivity index (χ3v) is 2.28. The quantitative estimate of drug-likeness (QED) is 0.540. The molecule has 0 aromatic heterocycles. The van der Waals surface area contributed by atoms with Crippen LogP contribution < -0.4 is 5.32 Å². The van der Waals surface area contributed by atoms with Gasteiger partial charge in [0.2, 0.25) is 6.41 Å². The molecular formula is C7H12N2O. The number of carbonyl (C=O) groups is 1. The predicted octanol–water partition coefficient (Wildman–Crippen LogP) is -0.421. The molecule has 0 bridgehead atoms. The summed E-state index contributed by atoms with van der Waals surface area (Å²) in [6.07, 6.45) is 3.54. The van der Waals surface area contributed by atoms with Gasteiger partial charge in [-0.15, -0.1) is 0 Å². The van der Waals surface area contributed by atoms with Gasteiger partial charge in [-0.25, -0.2) is 0 Å². The summed E-state index contributed by atoms with van der Waals surface area (Å²) in [5, 5.41) is 2.77. The van der Waals surface area contributed by atoms with Gasteiger partial charge in [0.1, 0.15) is 0 Å². The third-order valence-electron chi connectivity index (χ3n) is 2.28. The Kier molecular flexibility index (Phi) is 1.38. The van der Waals surface area contributed by atoms with Gasteiger partial charge < -0.3 is 5.32 Å². The fourth-order valence-electron chi connectivity index (χ4n) is 1.45. The summed E-state index contributed by atoms with van der Waals surface area (Å²) in [6.45, 7) is 2.15. The highest BCUT2D eigenvalue weighted by Crippen LogP contribution is 2.30. The van der Waals surface area contributed by atoms with E-state index in [0.29, 0.717) is 6.04 Å². The topological polar surface area (TPSA) is 32.3 Å². The lowest BCUT2D eigenvalue weighted by Gasteiger charge is -2.38. The first-order chi connectivity index (χ1) is 4.90. The van der Waals surface area contributed by atoms with Crippen molar-refractivity contribution >= 4 is 6.41 Å². The highest BCUT2D eigenvalue weighted by molar-refractivity contribution is 5.47. The Morgan fingerprint density at radius 1 is 1.40 bits per heavy atom. The van der Waals surface area contributed by atoms with Crippen molar-refractivity contribution in [3.05, 3.63) is 0 Å². The summed E-state index contributed by atoms with van der Waals surface area (Å²) < 4.78 is 0. The van der Waals surface area contributed by atoms with Crippen molar-refractivity contribution in [2.24, 2.45) is 0 Å². The molecule has 0 unspecified atom stereocenters. The second kappa shape index (κ2) is 2.23. The Morgan fingerprint density at radius 3 is 2.60 bits per heavy atom. The molecule has 0 aromatic carbocycles. The van der Waals surface area contributed by atoms with Crippen molar-refractivity contribution < 1.29 is 4.79 Å². The van der Waals surface area contributed by atoms with Crippen molar-refractivity contribution in [3.8, 4) is 0 Å². The van der Waals surface area contributed by atoms with Gasteiger partial charge in [0.15, 0.2) is 0 Å². The molecule has 56 valence electrons. The molecule has 0 spiro atoms. The van der Waals surface area contributed by atoms with E-state index in [-0.39, 0.29) is 0 Å². The van der Waals surface area contributed by atoms with Crippen LogP contribution in [0, 0.1) is 0 Å². The molecule has 1 aliphatic heterocycles. The number of carbonyl (C=O) groups excluding carboxylic acids is 1. The first kappa shape index (κ1) is 6.16. The summed E-state index contributed by atoms with van der Waals surface area (Å²) >= 11 is 0. The van der Waals surface area contributed by atoms with E-state index in [0.717, 1.165) is 25.5 Å². The third kappa shape index (κ3) is 1.01. The number of nitrogens with zero attached hydrogens (tertiary/aromatic N) is 1. The predicted molar refractivity (Wildman–Crippen MR) is 37.6 cm³/mol. The maximum absolute atomic E-state index is 9.97. The van der Waals surface area contributed by atoms with Crippen LogP contribution in [0.5, 0.6) is 0 Å². The summed E-state index contributed by atoms with van der Waals surface area (Å²) in [7, 11) is 0. The first-order valence-corrected chi connectivity index (χ1v) is 3.84. The molecule has 0 aromatic rings. The molecule has 2 rings (SSSR count). The molecule has 1 saturated carbocycles. The summed E-state index contributed by atoms with van der Waals surface area (Å²) in [5.74, 6) is 0. The average molecular weight is 140 g/mol. The lowest BCUT2D eigenvalue weighted by atomic mass is 10.1. The van der Waals surface area contributed by atoms with Crippen molar-refractivity contribution in [3.63, 3.8) is 0 Å². The molecule has 1 N–H and O–H groups in total. The highest BCUT2D eigenvalue weighted by Gasteiger charge is 2.37. The van der Waals surface area contributed by atoms with Crippen LogP contribution in [0.25, 0.3) is 0 Å². The Balaban J connectivity index is 1.67. The lowest BCUT2D eigenvalue weighted by Crippen LogP contribution is -2.58. The average Bonchev–Trinajstić information content (AvgIpc) is 2.59. The van der Waals surface area contributed by atoms with Gasteiger partial charge in [0.25, 0.3) is 0 Å². The molecule has 3 heteroatoms. The molecular weight excluding hydrogens is 128 g/mol. The maximum atomic E-state index is 9.97. The smallest absolute Gasteiger partial charge is 0.207 e. The van der Waals surface area contributed by atoms with Gasteiger partial charge in [0, 0.05) is 19.1 Å². The fourth-order valence-corrected chi connectivity index (χ4v) is 1.45. The molecule has 1 heterocycles. The van der Waals surface area contributed by atoms with Crippen LogP contribution in [0.2, 0.25) is 0 Å². The van der Waals surface area contributed by atoms with E-state index in [1.807, 2.05) is 0 Å². The van der Waals surface area contributed by atoms with E-state index in [2.05, 4.69) is 10.2 Å². The zero-order valence-electron chi connectivity index (χ0n) is 5.92. The van der Waals surface area contributed by atoms with Crippen molar-refractivity contribution in [1.29, 1.82) is 0 Å². The van der Waals surface area contributed by atoms with Crippen LogP contribution in [0.1, 0.15) is 12.8 Å². The Morgan fingerprint density at radius 2 is 2.10 bits per heavy atom. The first-order valence-electron chi connectivity index (χ1n) is 3.84. The number of rotatable bonds is 3. The van der Waals surface area contributed by atoms with Crippen LogP contribution in [0.15, 0.2) is 0 Å². The van der Waals surface area contributed by atoms with Gasteiger partial charge in [-0.3, -0.25) is 9.69 Å². The number of hydrogen-bond acceptors (Lipinski definition) is 2. The van der Waals surface area contributed by atoms with Gasteiger partial charge >= 0.3 is 0 Å². The van der Waals surface area contributed by atoms with E-state index >= 15 is 0 Å². The van der Waals surface area contributed by atoms with Crippen LogP contribution in [-0.2, 0) is 4.79 Å². The Labute approximate surface area is 60.4 Å². The highest BCUT2D eigenvalue weighted by atomic mass is 16.1. The van der Waals surface area contributed by atoms with Crippen molar-refractivity contribution in [2.75, 3.05) is 13.1 Å². The van der Waals surface area contributed by atoms with Crippen molar-refractivity contribution in [2.45, 2.75) is 24.9 Å². The minimum atomic E-state index is 0.443. The van der Waals surface area contributed by atoms with E-state index in [1.54, 1.807) is 0 Å². The van der Waals surface area contributed by atoms with Gasteiger partial charge in [-0.05, 0) is 12.8 Å². The van der Waals surface area contributed by atoms with Crippen LogP contribution in [-0.4, -0.2) is 36.5 Å². The van der Waals surface area contributed by atoms with Crippen LogP contribution in [0.4, 0.5) is 0 Å². The number of amides is 1. The number of nitrogens with one attached hydrogen (secondary N) is 1. The molecule has 1 amide bonds. The molecule has 3 nitrogen and oxygen atoms in total. The standard InChI is InChI=1S/C7H12N2O/c10-5-8-6-3-9(4-6)7-1-2-7/h5-7H,1-4H2,(H,8,10). The van der Waals surface area contributed by atoms with Crippen LogP contribution >= 0.6 is 0 Å². The second-order valence-corrected chi connectivity index (χ2v) is 3.17. The largest absolute Gasteiger partial charge is 0.353 e. The fraction of sp³-hybridized carbons (Fsp3) is 0.857.